The lowest BCUT2D eigenvalue weighted by atomic mass is 10.0. The molecule has 0 radical (unpaired) electrons. The zero-order valence-corrected chi connectivity index (χ0v) is 18.6. The fourth-order valence-corrected chi connectivity index (χ4v) is 4.21. The van der Waals surface area contributed by atoms with E-state index in [1.807, 2.05) is 0 Å². The monoisotopic (exact) mass is 446 g/mol. The van der Waals surface area contributed by atoms with Crippen molar-refractivity contribution in [3.05, 3.63) is 87.0 Å². The van der Waals surface area contributed by atoms with Crippen molar-refractivity contribution in [3.63, 3.8) is 0 Å². The Balaban J connectivity index is 2.13. The van der Waals surface area contributed by atoms with Crippen LogP contribution in [0.4, 0.5) is 8.78 Å². The summed E-state index contributed by atoms with van der Waals surface area (Å²) in [6.45, 7) is 4.92. The summed E-state index contributed by atoms with van der Waals surface area (Å²) in [7, 11) is -1.76. The minimum Gasteiger partial charge on any atom is -0.318 e. The van der Waals surface area contributed by atoms with Gasteiger partial charge in [0.25, 0.3) is 5.56 Å². The van der Waals surface area contributed by atoms with E-state index in [1.54, 1.807) is 52.2 Å². The average Bonchev–Trinajstić information content (AvgIpc) is 2.67. The predicted molar refractivity (Wildman–Crippen MR) is 117 cm³/mol. The lowest BCUT2D eigenvalue weighted by Crippen LogP contribution is -2.18. The largest absolute Gasteiger partial charge is 0.318 e. The van der Waals surface area contributed by atoms with Crippen molar-refractivity contribution in [2.24, 2.45) is 7.05 Å². The molecule has 0 aliphatic heterocycles. The van der Waals surface area contributed by atoms with Crippen LogP contribution in [0.3, 0.4) is 0 Å². The Bertz CT molecular complexity index is 1270. The third-order valence-corrected chi connectivity index (χ3v) is 7.24. The minimum atomic E-state index is -3.38. The third-order valence-electron chi connectivity index (χ3n) is 5.07. The number of hydrogen-bond acceptors (Lipinski definition) is 4. The summed E-state index contributed by atoms with van der Waals surface area (Å²) in [6, 6.07) is 8.31. The lowest BCUT2D eigenvalue weighted by molar-refractivity contribution is 0.574. The summed E-state index contributed by atoms with van der Waals surface area (Å²) in [4.78, 5) is 16.6. The van der Waals surface area contributed by atoms with Gasteiger partial charge in [-0.3, -0.25) is 9.78 Å². The molecule has 0 aliphatic rings. The highest BCUT2D eigenvalue weighted by atomic mass is 32.2. The lowest BCUT2D eigenvalue weighted by Gasteiger charge is -2.13. The van der Waals surface area contributed by atoms with Crippen molar-refractivity contribution in [3.8, 4) is 11.3 Å². The topological polar surface area (TPSA) is 69.0 Å². The number of aryl methyl sites for hydroxylation is 2. The van der Waals surface area contributed by atoms with E-state index >= 15 is 0 Å². The van der Waals surface area contributed by atoms with Crippen molar-refractivity contribution in [1.82, 2.24) is 9.55 Å². The molecule has 0 atom stereocenters. The molecular weight excluding hydrogens is 422 g/mol. The second-order valence-corrected chi connectivity index (χ2v) is 10.5. The number of nitrogens with zero attached hydrogens (tertiary/aromatic N) is 2. The van der Waals surface area contributed by atoms with Crippen LogP contribution in [-0.2, 0) is 29.1 Å². The highest BCUT2D eigenvalue weighted by molar-refractivity contribution is 7.91. The molecule has 3 rings (SSSR count). The molecule has 0 spiro atoms. The Labute approximate surface area is 180 Å². The van der Waals surface area contributed by atoms with Crippen molar-refractivity contribution >= 4 is 9.84 Å². The first-order valence-electron chi connectivity index (χ1n) is 9.79. The third kappa shape index (κ3) is 5.25. The van der Waals surface area contributed by atoms with E-state index in [0.29, 0.717) is 28.1 Å². The standard InChI is InChI=1S/C23H24F2N2O3S/c1-14(2)31(29,30)13-16-8-20(10-17-5-6-19(24)11-21(17)25)26-22(9-16)18-7-15(3)23(28)27(4)12-18/h5-9,11-12,14H,10,13H2,1-4H3. The predicted octanol–water partition coefficient (Wildman–Crippen LogP) is 3.95. The van der Waals surface area contributed by atoms with Crippen LogP contribution in [0.15, 0.2) is 47.4 Å². The first kappa shape index (κ1) is 22.8. The van der Waals surface area contributed by atoms with Gasteiger partial charge in [0, 0.05) is 42.6 Å². The van der Waals surface area contributed by atoms with E-state index in [4.69, 9.17) is 0 Å². The number of aromatic nitrogens is 2. The number of rotatable bonds is 6. The molecule has 0 bridgehead atoms. The molecule has 0 fully saturated rings. The molecule has 164 valence electrons. The quantitative estimate of drug-likeness (QED) is 0.575. The van der Waals surface area contributed by atoms with E-state index in [9.17, 15) is 22.0 Å². The molecule has 0 aliphatic carbocycles. The molecule has 31 heavy (non-hydrogen) atoms. The highest BCUT2D eigenvalue weighted by Crippen LogP contribution is 2.23. The van der Waals surface area contributed by atoms with E-state index < -0.39 is 26.7 Å². The fourth-order valence-electron chi connectivity index (χ4n) is 3.25. The molecule has 0 saturated carbocycles. The van der Waals surface area contributed by atoms with Gasteiger partial charge >= 0.3 is 0 Å². The van der Waals surface area contributed by atoms with Gasteiger partial charge in [-0.25, -0.2) is 17.2 Å². The molecule has 5 nitrogen and oxygen atoms in total. The van der Waals surface area contributed by atoms with Gasteiger partial charge in [0.2, 0.25) is 0 Å². The van der Waals surface area contributed by atoms with Crippen molar-refractivity contribution in [1.29, 1.82) is 0 Å². The minimum absolute atomic E-state index is 0.0689. The first-order valence-corrected chi connectivity index (χ1v) is 11.5. The molecule has 1 aromatic carbocycles. The highest BCUT2D eigenvalue weighted by Gasteiger charge is 2.19. The Kier molecular flexibility index (Phi) is 6.40. The van der Waals surface area contributed by atoms with Crippen LogP contribution in [0.5, 0.6) is 0 Å². The molecular formula is C23H24F2N2O3S. The summed E-state index contributed by atoms with van der Waals surface area (Å²) >= 11 is 0. The fraction of sp³-hybridized carbons (Fsp3) is 0.304. The molecule has 8 heteroatoms. The van der Waals surface area contributed by atoms with Crippen LogP contribution in [0.25, 0.3) is 11.3 Å². The number of hydrogen-bond donors (Lipinski definition) is 0. The van der Waals surface area contributed by atoms with Gasteiger partial charge < -0.3 is 4.57 Å². The van der Waals surface area contributed by atoms with Crippen LogP contribution >= 0.6 is 0 Å². The smallest absolute Gasteiger partial charge is 0.253 e. The maximum Gasteiger partial charge on any atom is 0.253 e. The maximum absolute atomic E-state index is 14.2. The van der Waals surface area contributed by atoms with E-state index in [-0.39, 0.29) is 23.3 Å². The Morgan fingerprint density at radius 2 is 1.81 bits per heavy atom. The average molecular weight is 447 g/mol. The Morgan fingerprint density at radius 1 is 1.10 bits per heavy atom. The number of pyridine rings is 2. The van der Waals surface area contributed by atoms with Gasteiger partial charge in [-0.2, -0.15) is 0 Å². The zero-order valence-electron chi connectivity index (χ0n) is 17.8. The van der Waals surface area contributed by atoms with Crippen LogP contribution in [0, 0.1) is 18.6 Å². The number of benzene rings is 1. The molecule has 0 unspecified atom stereocenters. The van der Waals surface area contributed by atoms with Gasteiger partial charge in [-0.15, -0.1) is 0 Å². The van der Waals surface area contributed by atoms with E-state index in [0.717, 1.165) is 6.07 Å². The van der Waals surface area contributed by atoms with E-state index in [1.165, 1.54) is 16.7 Å². The molecule has 2 heterocycles. The van der Waals surface area contributed by atoms with Crippen LogP contribution in [0.2, 0.25) is 0 Å². The molecule has 0 N–H and O–H groups in total. The van der Waals surface area contributed by atoms with Crippen LogP contribution in [0.1, 0.15) is 36.2 Å². The normalized spacial score (nSPS) is 11.8. The Morgan fingerprint density at radius 3 is 2.42 bits per heavy atom. The second kappa shape index (κ2) is 8.70. The van der Waals surface area contributed by atoms with Crippen molar-refractivity contribution < 1.29 is 17.2 Å². The molecule has 0 saturated heterocycles. The van der Waals surface area contributed by atoms with Gasteiger partial charge in [0.15, 0.2) is 9.84 Å². The van der Waals surface area contributed by atoms with Gasteiger partial charge in [0.05, 0.1) is 16.7 Å². The van der Waals surface area contributed by atoms with Crippen molar-refractivity contribution in [2.45, 2.75) is 38.2 Å². The van der Waals surface area contributed by atoms with Crippen LogP contribution in [-0.4, -0.2) is 23.2 Å². The number of halogens is 2. The summed E-state index contributed by atoms with van der Waals surface area (Å²) in [5.74, 6) is -1.56. The zero-order chi connectivity index (χ0) is 22.9. The summed E-state index contributed by atoms with van der Waals surface area (Å²) < 4.78 is 53.9. The van der Waals surface area contributed by atoms with Gasteiger partial charge in [-0.05, 0) is 56.2 Å². The van der Waals surface area contributed by atoms with Gasteiger partial charge in [-0.1, -0.05) is 6.07 Å². The van der Waals surface area contributed by atoms with Crippen molar-refractivity contribution in [2.75, 3.05) is 0 Å². The maximum atomic E-state index is 14.2. The summed E-state index contributed by atoms with van der Waals surface area (Å²) in [5.41, 5.74) is 2.72. The van der Waals surface area contributed by atoms with E-state index in [2.05, 4.69) is 4.98 Å². The van der Waals surface area contributed by atoms with Crippen LogP contribution < -0.4 is 5.56 Å². The second-order valence-electron chi connectivity index (χ2n) is 7.95. The molecule has 0 amide bonds. The summed E-state index contributed by atoms with van der Waals surface area (Å²) in [5, 5.41) is -0.554. The number of sulfone groups is 1. The van der Waals surface area contributed by atoms with Gasteiger partial charge in [0.1, 0.15) is 11.6 Å². The first-order chi connectivity index (χ1) is 14.5. The molecule has 2 aromatic heterocycles. The summed E-state index contributed by atoms with van der Waals surface area (Å²) in [6.07, 6.45) is 1.69. The SMILES string of the molecule is Cc1cc(-c2cc(CS(=O)(=O)C(C)C)cc(Cc3ccc(F)cc3F)n2)cn(C)c1=O. The molecule has 3 aromatic rings. The Hall–Kier alpha value is -2.87.